The first-order valence-corrected chi connectivity index (χ1v) is 9.65. The van der Waals surface area contributed by atoms with Crippen LogP contribution < -0.4 is 20.3 Å². The van der Waals surface area contributed by atoms with Crippen LogP contribution in [-0.2, 0) is 0 Å². The fourth-order valence-electron chi connectivity index (χ4n) is 2.25. The van der Waals surface area contributed by atoms with E-state index in [1.165, 1.54) is 37.6 Å². The molecule has 0 fully saturated rings. The first-order valence-electron chi connectivity index (χ1n) is 8.77. The average Bonchev–Trinajstić information content (AvgIpc) is 2.72. The molecule has 0 aliphatic carbocycles. The van der Waals surface area contributed by atoms with E-state index in [0.717, 1.165) is 12.8 Å². The standard InChI is InChI=1S/C19H21F2N3O4S/c1-3-4-10-28-14-8-7-12(11-15(14)27-2)16(25)23-24-17(26)13-6-5-9-22-18(13)29-19(20)21/h5-9,11,19H,3-4,10H2,1-2H3,(H,23,25)(H,24,26). The quantitative estimate of drug-likeness (QED) is 0.362. The van der Waals surface area contributed by atoms with Gasteiger partial charge in [-0.3, -0.25) is 20.4 Å². The predicted octanol–water partition coefficient (Wildman–Crippen LogP) is 3.66. The van der Waals surface area contributed by atoms with E-state index in [0.29, 0.717) is 18.1 Å². The number of unbranched alkanes of at least 4 members (excludes halogenated alkanes) is 1. The van der Waals surface area contributed by atoms with Crippen molar-refractivity contribution in [3.8, 4) is 11.5 Å². The van der Waals surface area contributed by atoms with Crippen LogP contribution in [-0.4, -0.2) is 36.3 Å². The van der Waals surface area contributed by atoms with Gasteiger partial charge in [-0.2, -0.15) is 8.78 Å². The zero-order valence-electron chi connectivity index (χ0n) is 15.9. The number of nitrogens with zero attached hydrogens (tertiary/aromatic N) is 1. The number of hydrogen-bond donors (Lipinski definition) is 2. The Morgan fingerprint density at radius 3 is 2.62 bits per heavy atom. The number of aromatic nitrogens is 1. The molecule has 0 bridgehead atoms. The Morgan fingerprint density at radius 1 is 1.17 bits per heavy atom. The second-order valence-corrected chi connectivity index (χ2v) is 6.69. The van der Waals surface area contributed by atoms with Crippen molar-refractivity contribution in [3.63, 3.8) is 0 Å². The fraction of sp³-hybridized carbons (Fsp3) is 0.316. The van der Waals surface area contributed by atoms with E-state index in [1.807, 2.05) is 6.92 Å². The number of pyridine rings is 1. The van der Waals surface area contributed by atoms with Gasteiger partial charge >= 0.3 is 0 Å². The van der Waals surface area contributed by atoms with E-state index < -0.39 is 17.6 Å². The normalized spacial score (nSPS) is 10.5. The summed E-state index contributed by atoms with van der Waals surface area (Å²) >= 11 is 0.150. The summed E-state index contributed by atoms with van der Waals surface area (Å²) in [6, 6.07) is 7.38. The highest BCUT2D eigenvalue weighted by Gasteiger charge is 2.18. The van der Waals surface area contributed by atoms with Crippen LogP contribution in [0.5, 0.6) is 11.5 Å². The number of amides is 2. The Morgan fingerprint density at radius 2 is 1.93 bits per heavy atom. The number of rotatable bonds is 9. The Labute approximate surface area is 171 Å². The lowest BCUT2D eigenvalue weighted by molar-refractivity contribution is 0.0844. The summed E-state index contributed by atoms with van der Waals surface area (Å²) in [5, 5.41) is -0.135. The molecule has 2 N–H and O–H groups in total. The topological polar surface area (TPSA) is 89.6 Å². The highest BCUT2D eigenvalue weighted by atomic mass is 32.2. The van der Waals surface area contributed by atoms with Gasteiger partial charge in [0.25, 0.3) is 17.6 Å². The summed E-state index contributed by atoms with van der Waals surface area (Å²) < 4.78 is 36.0. The van der Waals surface area contributed by atoms with Crippen LogP contribution in [0.15, 0.2) is 41.6 Å². The number of thioether (sulfide) groups is 1. The molecule has 0 aliphatic heterocycles. The first-order chi connectivity index (χ1) is 14.0. The van der Waals surface area contributed by atoms with Crippen LogP contribution in [0.4, 0.5) is 8.78 Å². The lowest BCUT2D eigenvalue weighted by Crippen LogP contribution is -2.41. The summed E-state index contributed by atoms with van der Waals surface area (Å²) in [4.78, 5) is 28.3. The van der Waals surface area contributed by atoms with Crippen molar-refractivity contribution in [3.05, 3.63) is 47.7 Å². The zero-order chi connectivity index (χ0) is 21.2. The molecule has 29 heavy (non-hydrogen) atoms. The third-order valence-corrected chi connectivity index (χ3v) is 4.41. The number of benzene rings is 1. The van der Waals surface area contributed by atoms with Crippen LogP contribution in [0, 0.1) is 0 Å². The zero-order valence-corrected chi connectivity index (χ0v) is 16.7. The number of carbonyl (C=O) groups excluding carboxylic acids is 2. The molecule has 0 aliphatic rings. The average molecular weight is 425 g/mol. The van der Waals surface area contributed by atoms with Crippen molar-refractivity contribution in [2.45, 2.75) is 30.5 Å². The fourth-order valence-corrected chi connectivity index (χ4v) is 2.83. The van der Waals surface area contributed by atoms with Gasteiger partial charge in [0.15, 0.2) is 11.5 Å². The molecule has 0 saturated heterocycles. The van der Waals surface area contributed by atoms with E-state index >= 15 is 0 Å². The van der Waals surface area contributed by atoms with Gasteiger partial charge in [0.05, 0.1) is 19.3 Å². The lowest BCUT2D eigenvalue weighted by Gasteiger charge is -2.13. The first kappa shape index (κ1) is 22.4. The molecular formula is C19H21F2N3O4S. The molecule has 2 amide bonds. The van der Waals surface area contributed by atoms with Crippen molar-refractivity contribution in [2.75, 3.05) is 13.7 Å². The van der Waals surface area contributed by atoms with Gasteiger partial charge < -0.3 is 9.47 Å². The molecule has 156 valence electrons. The molecule has 2 aromatic rings. The van der Waals surface area contributed by atoms with Gasteiger partial charge in [0.1, 0.15) is 5.03 Å². The van der Waals surface area contributed by atoms with Crippen molar-refractivity contribution in [1.82, 2.24) is 15.8 Å². The molecule has 0 saturated carbocycles. The Bertz CT molecular complexity index is 852. The van der Waals surface area contributed by atoms with Gasteiger partial charge in [0, 0.05) is 11.8 Å². The third kappa shape index (κ3) is 6.60. The predicted molar refractivity (Wildman–Crippen MR) is 104 cm³/mol. The van der Waals surface area contributed by atoms with Gasteiger partial charge in [-0.25, -0.2) is 4.98 Å². The second kappa shape index (κ2) is 11.2. The van der Waals surface area contributed by atoms with Crippen LogP contribution in [0.3, 0.4) is 0 Å². The minimum atomic E-state index is -2.73. The second-order valence-electron chi connectivity index (χ2n) is 5.71. The molecule has 1 aromatic heterocycles. The Balaban J connectivity index is 2.03. The van der Waals surface area contributed by atoms with E-state index in [2.05, 4.69) is 15.8 Å². The molecule has 0 spiro atoms. The number of hydrogen-bond acceptors (Lipinski definition) is 6. The molecule has 0 atom stereocenters. The molecule has 0 unspecified atom stereocenters. The van der Waals surface area contributed by atoms with Crippen molar-refractivity contribution < 1.29 is 27.8 Å². The Hall–Kier alpha value is -2.88. The van der Waals surface area contributed by atoms with Crippen molar-refractivity contribution in [2.24, 2.45) is 0 Å². The molecule has 10 heteroatoms. The highest BCUT2D eigenvalue weighted by Crippen LogP contribution is 2.28. The maximum Gasteiger partial charge on any atom is 0.290 e. The van der Waals surface area contributed by atoms with Gasteiger partial charge in [-0.1, -0.05) is 13.3 Å². The molecule has 1 heterocycles. The van der Waals surface area contributed by atoms with Gasteiger partial charge in [-0.15, -0.1) is 0 Å². The molecule has 1 aromatic carbocycles. The van der Waals surface area contributed by atoms with Crippen LogP contribution in [0.1, 0.15) is 40.5 Å². The number of halogens is 2. The molecule has 2 rings (SSSR count). The number of ether oxygens (including phenoxy) is 2. The van der Waals surface area contributed by atoms with Crippen LogP contribution in [0.25, 0.3) is 0 Å². The summed E-state index contributed by atoms with van der Waals surface area (Å²) in [6.07, 6.45) is 3.17. The van der Waals surface area contributed by atoms with Crippen LogP contribution in [0.2, 0.25) is 0 Å². The van der Waals surface area contributed by atoms with Crippen molar-refractivity contribution >= 4 is 23.6 Å². The molecule has 0 radical (unpaired) electrons. The minimum absolute atomic E-state index is 0.0737. The highest BCUT2D eigenvalue weighted by molar-refractivity contribution is 7.99. The summed E-state index contributed by atoms with van der Waals surface area (Å²) in [7, 11) is 1.45. The van der Waals surface area contributed by atoms with Crippen molar-refractivity contribution in [1.29, 1.82) is 0 Å². The monoisotopic (exact) mass is 425 g/mol. The summed E-state index contributed by atoms with van der Waals surface area (Å²) in [5.41, 5.74) is 4.58. The summed E-state index contributed by atoms with van der Waals surface area (Å²) in [5.74, 6) is -3.21. The SMILES string of the molecule is CCCCOc1ccc(C(=O)NNC(=O)c2cccnc2SC(F)F)cc1OC. The smallest absolute Gasteiger partial charge is 0.290 e. The number of hydrazine groups is 1. The third-order valence-electron chi connectivity index (χ3n) is 3.69. The van der Waals surface area contributed by atoms with Gasteiger partial charge in [-0.05, 0) is 48.5 Å². The maximum atomic E-state index is 12.6. The number of methoxy groups -OCH3 is 1. The molecule has 7 nitrogen and oxygen atoms in total. The largest absolute Gasteiger partial charge is 0.493 e. The number of carbonyl (C=O) groups is 2. The Kier molecular flexibility index (Phi) is 8.66. The van der Waals surface area contributed by atoms with E-state index in [4.69, 9.17) is 9.47 Å². The number of nitrogens with one attached hydrogen (secondary N) is 2. The lowest BCUT2D eigenvalue weighted by atomic mass is 10.2. The maximum absolute atomic E-state index is 12.6. The van der Waals surface area contributed by atoms with E-state index in [1.54, 1.807) is 6.07 Å². The van der Waals surface area contributed by atoms with E-state index in [9.17, 15) is 18.4 Å². The molecular weight excluding hydrogens is 404 g/mol. The summed E-state index contributed by atoms with van der Waals surface area (Å²) in [6.45, 7) is 2.57. The minimum Gasteiger partial charge on any atom is -0.493 e. The van der Waals surface area contributed by atoms with Crippen LogP contribution >= 0.6 is 11.8 Å². The van der Waals surface area contributed by atoms with Gasteiger partial charge in [0.2, 0.25) is 0 Å². The number of alkyl halides is 2. The van der Waals surface area contributed by atoms with E-state index in [-0.39, 0.29) is 27.9 Å².